The quantitative estimate of drug-likeness (QED) is 0.361. The minimum atomic E-state index is -4.26. The number of carbonyl (C=O) groups excluding carboxylic acids is 1. The Kier molecular flexibility index (Phi) is 8.83. The highest BCUT2D eigenvalue weighted by Gasteiger charge is 2.38. The molecule has 0 spiro atoms. The predicted octanol–water partition coefficient (Wildman–Crippen LogP) is 1.32. The molecule has 1 aromatic heterocycles. The maximum atomic E-state index is 13.4. The fraction of sp³-hybridized carbons (Fsp3) is 0.500. The highest BCUT2D eigenvalue weighted by molar-refractivity contribution is 7.89. The molecular formula is C18H25F2N5O5S. The van der Waals surface area contributed by atoms with E-state index in [0.29, 0.717) is 0 Å². The van der Waals surface area contributed by atoms with Crippen molar-refractivity contribution in [3.8, 4) is 5.75 Å². The number of hydrogen-bond donors (Lipinski definition) is 2. The van der Waals surface area contributed by atoms with E-state index >= 15 is 0 Å². The summed E-state index contributed by atoms with van der Waals surface area (Å²) in [6, 6.07) is 4.00. The van der Waals surface area contributed by atoms with Crippen LogP contribution < -0.4 is 10.2 Å². The van der Waals surface area contributed by atoms with Crippen LogP contribution in [0.15, 0.2) is 35.4 Å². The van der Waals surface area contributed by atoms with Crippen molar-refractivity contribution in [3.05, 3.63) is 36.2 Å². The van der Waals surface area contributed by atoms with Crippen LogP contribution in [0.2, 0.25) is 0 Å². The molecule has 0 fully saturated rings. The monoisotopic (exact) mass is 461 g/mol. The van der Waals surface area contributed by atoms with E-state index in [2.05, 4.69) is 10.3 Å². The SMILES string of the molecule is CC(C)[C@H](C(=O)NO)N(Cc1cn(CCF)nn1)S(=O)(=O)c1ccc(OCCF)cc1. The molecule has 10 nitrogen and oxygen atoms in total. The summed E-state index contributed by atoms with van der Waals surface area (Å²) in [6.07, 6.45) is 1.38. The second-order valence-electron chi connectivity index (χ2n) is 6.89. The number of alkyl halides is 2. The van der Waals surface area contributed by atoms with Gasteiger partial charge in [0.2, 0.25) is 10.0 Å². The second-order valence-corrected chi connectivity index (χ2v) is 8.78. The smallest absolute Gasteiger partial charge is 0.262 e. The Morgan fingerprint density at radius 3 is 2.48 bits per heavy atom. The highest BCUT2D eigenvalue weighted by atomic mass is 32.2. The lowest BCUT2D eigenvalue weighted by molar-refractivity contribution is -0.134. The number of ether oxygens (including phenoxy) is 1. The van der Waals surface area contributed by atoms with Crippen molar-refractivity contribution >= 4 is 15.9 Å². The number of aromatic nitrogens is 3. The molecule has 1 amide bonds. The molecule has 13 heteroatoms. The van der Waals surface area contributed by atoms with E-state index in [4.69, 9.17) is 9.94 Å². The highest BCUT2D eigenvalue weighted by Crippen LogP contribution is 2.26. The van der Waals surface area contributed by atoms with Gasteiger partial charge < -0.3 is 4.74 Å². The van der Waals surface area contributed by atoms with E-state index < -0.39 is 41.2 Å². The van der Waals surface area contributed by atoms with E-state index in [-0.39, 0.29) is 36.0 Å². The van der Waals surface area contributed by atoms with Gasteiger partial charge in [0.15, 0.2) is 0 Å². The number of aryl methyl sites for hydroxylation is 1. The third kappa shape index (κ3) is 6.18. The van der Waals surface area contributed by atoms with Gasteiger partial charge in [-0.25, -0.2) is 27.4 Å². The number of sulfonamides is 1. The Morgan fingerprint density at radius 2 is 1.94 bits per heavy atom. The van der Waals surface area contributed by atoms with E-state index in [0.717, 1.165) is 4.31 Å². The van der Waals surface area contributed by atoms with Gasteiger partial charge in [-0.1, -0.05) is 19.1 Å². The molecule has 2 N–H and O–H groups in total. The molecule has 0 bridgehead atoms. The number of hydroxylamine groups is 1. The van der Waals surface area contributed by atoms with E-state index in [1.807, 2.05) is 0 Å². The van der Waals surface area contributed by atoms with Crippen LogP contribution in [0.5, 0.6) is 5.75 Å². The first-order valence-corrected chi connectivity index (χ1v) is 10.9. The molecule has 0 aliphatic heterocycles. The summed E-state index contributed by atoms with van der Waals surface area (Å²) in [7, 11) is -4.26. The molecule has 1 aromatic carbocycles. The molecule has 0 saturated heterocycles. The number of nitrogens with one attached hydrogen (secondary N) is 1. The van der Waals surface area contributed by atoms with Gasteiger partial charge in [0.1, 0.15) is 31.7 Å². The Bertz CT molecular complexity index is 953. The van der Waals surface area contributed by atoms with Gasteiger partial charge in [0.05, 0.1) is 23.7 Å². The van der Waals surface area contributed by atoms with Crippen molar-refractivity contribution in [2.24, 2.45) is 5.92 Å². The molecule has 1 heterocycles. The number of nitrogens with zero attached hydrogens (tertiary/aromatic N) is 4. The molecule has 0 aliphatic rings. The topological polar surface area (TPSA) is 127 Å². The number of halogens is 2. The van der Waals surface area contributed by atoms with Crippen LogP contribution in [-0.2, 0) is 27.9 Å². The zero-order valence-electron chi connectivity index (χ0n) is 17.1. The Labute approximate surface area is 178 Å². The van der Waals surface area contributed by atoms with Crippen LogP contribution >= 0.6 is 0 Å². The number of carbonyl (C=O) groups is 1. The summed E-state index contributed by atoms with van der Waals surface area (Å²) in [6.45, 7) is 1.31. The van der Waals surface area contributed by atoms with E-state index in [1.165, 1.54) is 40.6 Å². The standard InChI is InChI=1S/C18H25F2N5O5S/c1-13(2)17(18(26)22-27)25(12-14-11-24(9-7-19)23-21-14)31(28,29)16-5-3-15(4-6-16)30-10-8-20/h3-6,11,13,17,27H,7-10,12H2,1-2H3,(H,22,26)/t17-/m1/s1. The van der Waals surface area contributed by atoms with Crippen molar-refractivity contribution in [1.29, 1.82) is 0 Å². The Balaban J connectivity index is 2.44. The lowest BCUT2D eigenvalue weighted by Gasteiger charge is -2.31. The molecule has 0 unspecified atom stereocenters. The van der Waals surface area contributed by atoms with Gasteiger partial charge in [0.25, 0.3) is 5.91 Å². The Hall–Kier alpha value is -2.64. The zero-order chi connectivity index (χ0) is 23.0. The normalized spacial score (nSPS) is 12.9. The third-order valence-corrected chi connectivity index (χ3v) is 6.16. The average molecular weight is 461 g/mol. The number of amides is 1. The van der Waals surface area contributed by atoms with Crippen molar-refractivity contribution in [1.82, 2.24) is 24.8 Å². The van der Waals surface area contributed by atoms with Crippen LogP contribution in [0, 0.1) is 5.92 Å². The number of hydrogen-bond acceptors (Lipinski definition) is 7. The number of rotatable bonds is 12. The Morgan fingerprint density at radius 1 is 1.26 bits per heavy atom. The molecule has 2 aromatic rings. The molecule has 31 heavy (non-hydrogen) atoms. The summed E-state index contributed by atoms with van der Waals surface area (Å²) < 4.78 is 58.9. The average Bonchev–Trinajstić information content (AvgIpc) is 3.19. The number of benzene rings is 1. The molecule has 0 aliphatic carbocycles. The zero-order valence-corrected chi connectivity index (χ0v) is 17.9. The first-order valence-electron chi connectivity index (χ1n) is 9.44. The lowest BCUT2D eigenvalue weighted by atomic mass is 10.0. The summed E-state index contributed by atoms with van der Waals surface area (Å²) in [4.78, 5) is 12.2. The van der Waals surface area contributed by atoms with Crippen molar-refractivity contribution in [2.75, 3.05) is 20.0 Å². The van der Waals surface area contributed by atoms with Gasteiger partial charge in [-0.15, -0.1) is 5.10 Å². The summed E-state index contributed by atoms with van der Waals surface area (Å²) in [5.74, 6) is -1.15. The summed E-state index contributed by atoms with van der Waals surface area (Å²) in [5.41, 5.74) is 1.69. The third-order valence-electron chi connectivity index (χ3n) is 4.31. The molecule has 2 rings (SSSR count). The first kappa shape index (κ1) is 24.6. The van der Waals surface area contributed by atoms with Crippen molar-refractivity contribution in [2.45, 2.75) is 37.9 Å². The fourth-order valence-electron chi connectivity index (χ4n) is 2.93. The molecule has 1 atom stereocenters. The first-order chi connectivity index (χ1) is 14.7. The van der Waals surface area contributed by atoms with Crippen LogP contribution in [0.4, 0.5) is 8.78 Å². The van der Waals surface area contributed by atoms with Crippen LogP contribution in [0.25, 0.3) is 0 Å². The van der Waals surface area contributed by atoms with Gasteiger partial charge in [-0.3, -0.25) is 10.0 Å². The maximum absolute atomic E-state index is 13.4. The summed E-state index contributed by atoms with van der Waals surface area (Å²) in [5, 5.41) is 16.7. The molecule has 0 saturated carbocycles. The van der Waals surface area contributed by atoms with E-state index in [1.54, 1.807) is 13.8 Å². The lowest BCUT2D eigenvalue weighted by Crippen LogP contribution is -2.51. The predicted molar refractivity (Wildman–Crippen MR) is 105 cm³/mol. The second kappa shape index (κ2) is 11.1. The van der Waals surface area contributed by atoms with Crippen LogP contribution in [0.1, 0.15) is 19.5 Å². The largest absolute Gasteiger partial charge is 0.491 e. The van der Waals surface area contributed by atoms with Gasteiger partial charge >= 0.3 is 0 Å². The van der Waals surface area contributed by atoms with Gasteiger partial charge in [0, 0.05) is 6.20 Å². The molecule has 172 valence electrons. The van der Waals surface area contributed by atoms with Crippen LogP contribution in [0.3, 0.4) is 0 Å². The van der Waals surface area contributed by atoms with Crippen molar-refractivity contribution in [3.63, 3.8) is 0 Å². The van der Waals surface area contributed by atoms with Gasteiger partial charge in [-0.05, 0) is 30.2 Å². The minimum Gasteiger partial charge on any atom is -0.491 e. The van der Waals surface area contributed by atoms with Crippen LogP contribution in [-0.4, -0.2) is 64.8 Å². The van der Waals surface area contributed by atoms with Gasteiger partial charge in [-0.2, -0.15) is 4.31 Å². The fourth-order valence-corrected chi connectivity index (χ4v) is 4.62. The minimum absolute atomic E-state index is 0.0508. The van der Waals surface area contributed by atoms with E-state index in [9.17, 15) is 22.0 Å². The summed E-state index contributed by atoms with van der Waals surface area (Å²) >= 11 is 0. The molecule has 0 radical (unpaired) electrons. The maximum Gasteiger partial charge on any atom is 0.262 e. The van der Waals surface area contributed by atoms with Crippen molar-refractivity contribution < 1.29 is 31.9 Å². The molecular weight excluding hydrogens is 436 g/mol.